The number of aromatic nitrogens is 1. The number of anilines is 1. The summed E-state index contributed by atoms with van der Waals surface area (Å²) in [6.45, 7) is 1.83. The Morgan fingerprint density at radius 3 is 2.82 bits per heavy atom. The van der Waals surface area contributed by atoms with E-state index in [4.69, 9.17) is 0 Å². The van der Waals surface area contributed by atoms with Crippen molar-refractivity contribution in [3.8, 4) is 0 Å². The number of hydrogen-bond acceptors (Lipinski definition) is 5. The Bertz CT molecular complexity index is 462. The van der Waals surface area contributed by atoms with Gasteiger partial charge in [-0.3, -0.25) is 0 Å². The number of sulfonamides is 1. The zero-order valence-corrected chi connectivity index (χ0v) is 11.7. The van der Waals surface area contributed by atoms with Crippen molar-refractivity contribution in [2.75, 3.05) is 24.4 Å². The molecule has 1 aromatic heterocycles. The normalized spacial score (nSPS) is 13.4. The Morgan fingerprint density at radius 2 is 2.24 bits per heavy atom. The predicted molar refractivity (Wildman–Crippen MR) is 71.9 cm³/mol. The van der Waals surface area contributed by atoms with Gasteiger partial charge in [0.25, 0.3) is 10.0 Å². The molecule has 0 bridgehead atoms. The molecule has 2 N–H and O–H groups in total. The van der Waals surface area contributed by atoms with Crippen LogP contribution in [0.1, 0.15) is 6.92 Å². The van der Waals surface area contributed by atoms with Crippen LogP contribution in [0.25, 0.3) is 0 Å². The second-order valence-electron chi connectivity index (χ2n) is 3.58. The zero-order chi connectivity index (χ0) is 12.9. The summed E-state index contributed by atoms with van der Waals surface area (Å²) in [5.74, 6) is 0.723. The topological polar surface area (TPSA) is 71.1 Å². The van der Waals surface area contributed by atoms with E-state index in [1.165, 1.54) is 6.20 Å². The van der Waals surface area contributed by atoms with E-state index in [0.29, 0.717) is 5.69 Å². The summed E-state index contributed by atoms with van der Waals surface area (Å²) in [7, 11) is -1.89. The summed E-state index contributed by atoms with van der Waals surface area (Å²) in [6, 6.07) is 3.25. The summed E-state index contributed by atoms with van der Waals surface area (Å²) in [5, 5.41) is 2.86. The number of nitrogens with one attached hydrogen (secondary N) is 2. The Morgan fingerprint density at radius 1 is 1.53 bits per heavy atom. The Hall–Kier alpha value is -0.790. The Kier molecular flexibility index (Phi) is 5.23. The van der Waals surface area contributed by atoms with Crippen molar-refractivity contribution in [2.24, 2.45) is 0 Å². The molecule has 0 amide bonds. The van der Waals surface area contributed by atoms with Crippen LogP contribution in [0.3, 0.4) is 0 Å². The highest BCUT2D eigenvalue weighted by Crippen LogP contribution is 2.17. The smallest absolute Gasteiger partial charge is 0.260 e. The molecule has 1 heterocycles. The van der Waals surface area contributed by atoms with Crippen molar-refractivity contribution in [2.45, 2.75) is 18.0 Å². The molecule has 0 aliphatic carbocycles. The van der Waals surface area contributed by atoms with Crippen molar-refractivity contribution >= 4 is 27.5 Å². The first-order chi connectivity index (χ1) is 8.01. The molecular weight excluding hydrogens is 258 g/mol. The van der Waals surface area contributed by atoms with E-state index in [-0.39, 0.29) is 11.1 Å². The number of nitrogens with zero attached hydrogens (tertiary/aromatic N) is 1. The third kappa shape index (κ3) is 3.86. The molecule has 1 aromatic rings. The van der Waals surface area contributed by atoms with Crippen LogP contribution in [0.5, 0.6) is 0 Å². The van der Waals surface area contributed by atoms with E-state index in [1.54, 1.807) is 30.9 Å². The fourth-order valence-corrected chi connectivity index (χ4v) is 3.47. The number of hydrogen-bond donors (Lipinski definition) is 2. The molecule has 0 aromatic carbocycles. The first kappa shape index (κ1) is 14.3. The van der Waals surface area contributed by atoms with Crippen molar-refractivity contribution in [3.05, 3.63) is 18.3 Å². The maximum Gasteiger partial charge on any atom is 0.260 e. The van der Waals surface area contributed by atoms with E-state index in [9.17, 15) is 8.42 Å². The van der Waals surface area contributed by atoms with Crippen LogP contribution in [0, 0.1) is 0 Å². The number of pyridine rings is 1. The lowest BCUT2D eigenvalue weighted by Crippen LogP contribution is -2.35. The van der Waals surface area contributed by atoms with Gasteiger partial charge in [-0.15, -0.1) is 0 Å². The second kappa shape index (κ2) is 6.23. The molecule has 96 valence electrons. The summed E-state index contributed by atoms with van der Waals surface area (Å²) in [6.07, 6.45) is 3.40. The van der Waals surface area contributed by atoms with Gasteiger partial charge in [0.1, 0.15) is 0 Å². The zero-order valence-electron chi connectivity index (χ0n) is 10.1. The minimum absolute atomic E-state index is 0.0375. The summed E-state index contributed by atoms with van der Waals surface area (Å²) in [4.78, 5) is 3.91. The molecule has 1 atom stereocenters. The van der Waals surface area contributed by atoms with E-state index in [1.807, 2.05) is 13.2 Å². The highest BCUT2D eigenvalue weighted by atomic mass is 32.2. The van der Waals surface area contributed by atoms with Gasteiger partial charge in [-0.2, -0.15) is 11.8 Å². The third-order valence-corrected chi connectivity index (χ3v) is 4.45. The van der Waals surface area contributed by atoms with Crippen molar-refractivity contribution < 1.29 is 8.42 Å². The molecule has 0 saturated carbocycles. The second-order valence-corrected chi connectivity index (χ2v) is 6.12. The minimum Gasteiger partial charge on any atom is -0.386 e. The van der Waals surface area contributed by atoms with Gasteiger partial charge >= 0.3 is 0 Å². The van der Waals surface area contributed by atoms with Crippen molar-refractivity contribution in [1.82, 2.24) is 9.71 Å². The lowest BCUT2D eigenvalue weighted by molar-refractivity contribution is 0.567. The van der Waals surface area contributed by atoms with Crippen LogP contribution in [0.2, 0.25) is 0 Å². The van der Waals surface area contributed by atoms with Crippen molar-refractivity contribution in [3.63, 3.8) is 0 Å². The van der Waals surface area contributed by atoms with Crippen LogP contribution in [0.15, 0.2) is 23.4 Å². The van der Waals surface area contributed by atoms with Crippen LogP contribution >= 0.6 is 11.8 Å². The molecule has 0 saturated heterocycles. The lowest BCUT2D eigenvalue weighted by atomic mass is 10.4. The maximum absolute atomic E-state index is 12.1. The van der Waals surface area contributed by atoms with Crippen LogP contribution in [-0.2, 0) is 10.0 Å². The van der Waals surface area contributed by atoms with Gasteiger partial charge in [-0.25, -0.2) is 18.1 Å². The summed E-state index contributed by atoms with van der Waals surface area (Å²) >= 11 is 1.59. The standard InChI is InChI=1S/C10H17N3O2S2/c1-8(7-16-3)13-17(14,15)10-9(11-2)5-4-6-12-10/h4-6,8,11,13H,7H2,1-3H3. The minimum atomic E-state index is -3.56. The first-order valence-corrected chi connectivity index (χ1v) is 8.03. The summed E-state index contributed by atoms with van der Waals surface area (Å²) in [5.41, 5.74) is 0.497. The van der Waals surface area contributed by atoms with Crippen LogP contribution in [-0.4, -0.2) is 38.5 Å². The van der Waals surface area contributed by atoms with E-state index in [0.717, 1.165) is 5.75 Å². The molecular formula is C10H17N3O2S2. The fourth-order valence-electron chi connectivity index (χ4n) is 1.40. The lowest BCUT2D eigenvalue weighted by Gasteiger charge is -2.14. The van der Waals surface area contributed by atoms with Gasteiger partial charge in [-0.1, -0.05) is 0 Å². The summed E-state index contributed by atoms with van der Waals surface area (Å²) < 4.78 is 26.7. The largest absolute Gasteiger partial charge is 0.386 e. The molecule has 0 spiro atoms. The first-order valence-electron chi connectivity index (χ1n) is 5.15. The molecule has 0 fully saturated rings. The highest BCUT2D eigenvalue weighted by molar-refractivity contribution is 7.98. The molecule has 0 radical (unpaired) electrons. The maximum atomic E-state index is 12.1. The molecule has 0 aliphatic rings. The average Bonchev–Trinajstić information content (AvgIpc) is 2.28. The Balaban J connectivity index is 2.97. The molecule has 0 aliphatic heterocycles. The molecule has 17 heavy (non-hydrogen) atoms. The van der Waals surface area contributed by atoms with Crippen LogP contribution < -0.4 is 10.0 Å². The Labute approximate surface area is 106 Å². The number of rotatable bonds is 6. The number of thioether (sulfide) groups is 1. The quantitative estimate of drug-likeness (QED) is 0.815. The average molecular weight is 275 g/mol. The van der Waals surface area contributed by atoms with Crippen LogP contribution in [0.4, 0.5) is 5.69 Å². The van der Waals surface area contributed by atoms with Gasteiger partial charge in [-0.05, 0) is 25.3 Å². The predicted octanol–water partition coefficient (Wildman–Crippen LogP) is 1.15. The van der Waals surface area contributed by atoms with Gasteiger partial charge in [0.05, 0.1) is 5.69 Å². The van der Waals surface area contributed by atoms with E-state index >= 15 is 0 Å². The highest BCUT2D eigenvalue weighted by Gasteiger charge is 2.21. The SMILES string of the molecule is CNc1cccnc1S(=O)(=O)NC(C)CSC. The molecule has 1 rings (SSSR count). The molecule has 7 heteroatoms. The van der Waals surface area contributed by atoms with Gasteiger partial charge in [0.2, 0.25) is 0 Å². The molecule has 5 nitrogen and oxygen atoms in total. The third-order valence-electron chi connectivity index (χ3n) is 2.07. The van der Waals surface area contributed by atoms with Crippen molar-refractivity contribution in [1.29, 1.82) is 0 Å². The van der Waals surface area contributed by atoms with Gasteiger partial charge in [0, 0.05) is 25.0 Å². The molecule has 1 unspecified atom stereocenters. The van der Waals surface area contributed by atoms with Gasteiger partial charge < -0.3 is 5.32 Å². The van der Waals surface area contributed by atoms with Gasteiger partial charge in [0.15, 0.2) is 5.03 Å². The fraction of sp³-hybridized carbons (Fsp3) is 0.500. The monoisotopic (exact) mass is 275 g/mol. The van der Waals surface area contributed by atoms with E-state index in [2.05, 4.69) is 15.0 Å². The van der Waals surface area contributed by atoms with E-state index < -0.39 is 10.0 Å².